The van der Waals surface area contributed by atoms with Crippen LogP contribution >= 0.6 is 0 Å². The zero-order valence-electron chi connectivity index (χ0n) is 27.8. The Bertz CT molecular complexity index is 1800. The summed E-state index contributed by atoms with van der Waals surface area (Å²) in [7, 11) is 0. The van der Waals surface area contributed by atoms with E-state index in [4.69, 9.17) is 32.8 Å². The zero-order chi connectivity index (χ0) is 39.2. The molecule has 6 rings (SSSR count). The summed E-state index contributed by atoms with van der Waals surface area (Å²) < 4.78 is 39.0. The number of phenolic OH excluding ortho intramolecular Hbond substituents is 2. The van der Waals surface area contributed by atoms with Gasteiger partial charge in [-0.2, -0.15) is 0 Å². The maximum absolute atomic E-state index is 13.9. The number of rotatable bonds is 10. The summed E-state index contributed by atoms with van der Waals surface area (Å²) in [4.78, 5) is 13.9. The third-order valence-corrected chi connectivity index (χ3v) is 9.31. The lowest BCUT2D eigenvalue weighted by molar-refractivity contribution is -0.323. The fourth-order valence-corrected chi connectivity index (χ4v) is 6.20. The Balaban J connectivity index is 1.29. The molecule has 3 fully saturated rings. The average molecular weight is 773 g/mol. The fraction of sp³-hybridized carbons (Fsp3) is 0.545. The quantitative estimate of drug-likeness (QED) is 0.0918. The van der Waals surface area contributed by atoms with E-state index in [9.17, 15) is 71.2 Å². The van der Waals surface area contributed by atoms with Crippen molar-refractivity contribution in [3.63, 3.8) is 0 Å². The van der Waals surface area contributed by atoms with Crippen LogP contribution in [0.4, 0.5) is 0 Å². The first kappa shape index (κ1) is 39.9. The van der Waals surface area contributed by atoms with Crippen LogP contribution < -0.4 is 14.9 Å². The molecule has 3 aromatic rings. The number of ether oxygens (including phenoxy) is 6. The Kier molecular flexibility index (Phi) is 11.9. The maximum Gasteiger partial charge on any atom is 0.239 e. The normalized spacial score (nSPS) is 37.3. The summed E-state index contributed by atoms with van der Waals surface area (Å²) in [6, 6.07) is 7.13. The van der Waals surface area contributed by atoms with Crippen molar-refractivity contribution in [2.75, 3.05) is 19.8 Å². The molecule has 13 N–H and O–H groups in total. The first-order valence-electron chi connectivity index (χ1n) is 16.5. The number of benzene rings is 2. The molecule has 15 atom stereocenters. The van der Waals surface area contributed by atoms with Gasteiger partial charge in [-0.15, -0.1) is 0 Å². The molecule has 3 saturated heterocycles. The van der Waals surface area contributed by atoms with Crippen molar-refractivity contribution in [2.45, 2.75) is 92.1 Å². The first-order valence-corrected chi connectivity index (χ1v) is 16.5. The highest BCUT2D eigenvalue weighted by Crippen LogP contribution is 2.38. The second-order valence-electron chi connectivity index (χ2n) is 12.9. The predicted molar refractivity (Wildman–Crippen MR) is 173 cm³/mol. The van der Waals surface area contributed by atoms with E-state index in [1.165, 1.54) is 24.3 Å². The van der Waals surface area contributed by atoms with Gasteiger partial charge in [0.25, 0.3) is 0 Å². The smallest absolute Gasteiger partial charge is 0.239 e. The topological polar surface area (TPSA) is 349 Å². The van der Waals surface area contributed by atoms with Crippen molar-refractivity contribution >= 4 is 11.0 Å². The molecule has 54 heavy (non-hydrogen) atoms. The van der Waals surface area contributed by atoms with Gasteiger partial charge in [0.05, 0.1) is 19.8 Å². The summed E-state index contributed by atoms with van der Waals surface area (Å²) in [5, 5.41) is 133. The molecule has 2 aromatic carbocycles. The minimum absolute atomic E-state index is 0.114. The van der Waals surface area contributed by atoms with Gasteiger partial charge in [-0.25, -0.2) is 0 Å². The second-order valence-corrected chi connectivity index (χ2v) is 12.9. The highest BCUT2D eigenvalue weighted by molar-refractivity contribution is 5.88. The second kappa shape index (κ2) is 16.2. The zero-order valence-corrected chi connectivity index (χ0v) is 27.8. The Morgan fingerprint density at radius 3 is 1.67 bits per heavy atom. The molecule has 3 aliphatic rings. The maximum atomic E-state index is 13.9. The van der Waals surface area contributed by atoms with E-state index in [0.717, 1.165) is 12.1 Å². The van der Waals surface area contributed by atoms with E-state index < -0.39 is 134 Å². The van der Waals surface area contributed by atoms with Crippen molar-refractivity contribution in [3.8, 4) is 34.3 Å². The standard InChI is InChI=1S/C33H40O21/c34-7-15-19(38)23(42)26(45)31(51-15)48-9-17-21(40)25(44)27(46)32(53-17)49-12-5-13(37)18-14(6-12)50-29(10-1-3-11(36)4-2-10)30(22(18)41)54-33-28(47)24(43)20(39)16(8-35)52-33/h1-6,15-17,19-21,23-28,31-40,42-47H,7-9H2. The molecule has 21 nitrogen and oxygen atoms in total. The number of aromatic hydroxyl groups is 2. The SMILES string of the molecule is O=c1c(OC2OC(CO)C(O)C(O)C2O)c(-c2ccc(O)cc2)oc2cc(OC3OC(COC4OC(CO)C(O)C(O)C4O)C(O)C(O)C3O)cc(O)c12. The van der Waals surface area contributed by atoms with E-state index >= 15 is 0 Å². The third kappa shape index (κ3) is 7.58. The van der Waals surface area contributed by atoms with E-state index in [2.05, 4.69) is 0 Å². The summed E-state index contributed by atoms with van der Waals surface area (Å²) in [5.74, 6) is -2.27. The Morgan fingerprint density at radius 1 is 0.593 bits per heavy atom. The minimum atomic E-state index is -1.93. The lowest BCUT2D eigenvalue weighted by Crippen LogP contribution is -2.62. The number of hydrogen-bond acceptors (Lipinski definition) is 21. The number of hydrogen-bond donors (Lipinski definition) is 13. The van der Waals surface area contributed by atoms with Crippen molar-refractivity contribution in [1.82, 2.24) is 0 Å². The van der Waals surface area contributed by atoms with Crippen LogP contribution in [0.3, 0.4) is 0 Å². The largest absolute Gasteiger partial charge is 0.508 e. The van der Waals surface area contributed by atoms with Gasteiger partial charge in [0, 0.05) is 17.7 Å². The van der Waals surface area contributed by atoms with Crippen molar-refractivity contribution in [2.24, 2.45) is 0 Å². The minimum Gasteiger partial charge on any atom is -0.508 e. The van der Waals surface area contributed by atoms with Gasteiger partial charge in [0.15, 0.2) is 12.1 Å². The van der Waals surface area contributed by atoms with Crippen LogP contribution in [-0.2, 0) is 18.9 Å². The van der Waals surface area contributed by atoms with Crippen LogP contribution in [0.2, 0.25) is 0 Å². The molecule has 0 aliphatic carbocycles. The molecular formula is C33H40O21. The molecule has 0 saturated carbocycles. The molecular weight excluding hydrogens is 732 g/mol. The van der Waals surface area contributed by atoms with Crippen LogP contribution in [-0.4, -0.2) is 178 Å². The molecule has 0 spiro atoms. The molecule has 4 heterocycles. The highest BCUT2D eigenvalue weighted by Gasteiger charge is 2.48. The lowest BCUT2D eigenvalue weighted by Gasteiger charge is -2.42. The molecule has 21 heteroatoms. The van der Waals surface area contributed by atoms with Crippen molar-refractivity contribution in [1.29, 1.82) is 0 Å². The molecule has 298 valence electrons. The molecule has 0 bridgehead atoms. The van der Waals surface area contributed by atoms with Gasteiger partial charge in [0.1, 0.15) is 101 Å². The predicted octanol–water partition coefficient (Wildman–Crippen LogP) is -4.95. The van der Waals surface area contributed by atoms with Crippen molar-refractivity contribution in [3.05, 3.63) is 46.6 Å². The van der Waals surface area contributed by atoms with Crippen LogP contribution in [0, 0.1) is 0 Å². The number of aliphatic hydroxyl groups excluding tert-OH is 11. The number of fused-ring (bicyclic) bond motifs is 1. The first-order chi connectivity index (χ1) is 25.6. The molecule has 3 aliphatic heterocycles. The Hall–Kier alpha value is -3.75. The number of phenols is 2. The monoisotopic (exact) mass is 772 g/mol. The average Bonchev–Trinajstić information content (AvgIpc) is 3.15. The van der Waals surface area contributed by atoms with Gasteiger partial charge in [-0.3, -0.25) is 4.79 Å². The molecule has 15 unspecified atom stereocenters. The van der Waals surface area contributed by atoms with Gasteiger partial charge < -0.3 is 99.2 Å². The van der Waals surface area contributed by atoms with Crippen LogP contribution in [0.15, 0.2) is 45.6 Å². The molecule has 0 radical (unpaired) electrons. The van der Waals surface area contributed by atoms with E-state index in [1.807, 2.05) is 0 Å². The van der Waals surface area contributed by atoms with E-state index in [-0.39, 0.29) is 28.4 Å². The Labute approximate surface area is 303 Å². The van der Waals surface area contributed by atoms with Crippen molar-refractivity contribution < 1.29 is 99.2 Å². The fourth-order valence-electron chi connectivity index (χ4n) is 6.20. The van der Waals surface area contributed by atoms with Gasteiger partial charge in [-0.1, -0.05) is 0 Å². The highest BCUT2D eigenvalue weighted by atomic mass is 16.7. The summed E-state index contributed by atoms with van der Waals surface area (Å²) in [6.45, 7) is -2.19. The van der Waals surface area contributed by atoms with E-state index in [1.54, 1.807) is 0 Å². The molecule has 0 amide bonds. The lowest BCUT2D eigenvalue weighted by atomic mass is 9.98. The van der Waals surface area contributed by atoms with E-state index in [0.29, 0.717) is 0 Å². The Morgan fingerprint density at radius 2 is 1.09 bits per heavy atom. The van der Waals surface area contributed by atoms with Gasteiger partial charge in [0.2, 0.25) is 23.8 Å². The van der Waals surface area contributed by atoms with Crippen LogP contribution in [0.5, 0.6) is 23.0 Å². The third-order valence-electron chi connectivity index (χ3n) is 9.31. The summed E-state index contributed by atoms with van der Waals surface area (Å²) in [6.07, 6.45) is -25.9. The van der Waals surface area contributed by atoms with Gasteiger partial charge >= 0.3 is 0 Å². The van der Waals surface area contributed by atoms with Crippen LogP contribution in [0.25, 0.3) is 22.3 Å². The number of aliphatic hydroxyl groups is 11. The van der Waals surface area contributed by atoms with Crippen LogP contribution in [0.1, 0.15) is 0 Å². The molecule has 1 aromatic heterocycles. The van der Waals surface area contributed by atoms with Gasteiger partial charge in [-0.05, 0) is 24.3 Å². The summed E-state index contributed by atoms with van der Waals surface area (Å²) in [5.41, 5.74) is -1.28. The summed E-state index contributed by atoms with van der Waals surface area (Å²) >= 11 is 0.